The van der Waals surface area contributed by atoms with Crippen molar-refractivity contribution in [2.75, 3.05) is 5.32 Å². The van der Waals surface area contributed by atoms with Crippen LogP contribution < -0.4 is 29.3 Å². The number of rotatable bonds is 6. The number of carboxylic acids is 1. The number of carboxylic acid groups (broad SMARTS) is 1. The third-order valence-electron chi connectivity index (χ3n) is 2.74. The van der Waals surface area contributed by atoms with Crippen molar-refractivity contribution < 1.29 is 38.0 Å². The van der Waals surface area contributed by atoms with Gasteiger partial charge >= 0.3 is 18.9 Å². The number of anilines is 1. The molecule has 2 aromatic rings. The molecule has 7 nitrogen and oxygen atoms in total. The third kappa shape index (κ3) is 5.02. The first kappa shape index (κ1) is 17.9. The minimum atomic E-state index is -1.25. The molecule has 0 saturated carbocycles. The second-order valence-electron chi connectivity index (χ2n) is 4.35. The maximum Gasteiger partial charge on any atom is 1.00 e. The number of aromatic nitrogens is 2. The van der Waals surface area contributed by atoms with Crippen LogP contribution in [0.5, 0.6) is 0 Å². The van der Waals surface area contributed by atoms with Gasteiger partial charge in [0.25, 0.3) is 0 Å². The van der Waals surface area contributed by atoms with Gasteiger partial charge in [0.2, 0.25) is 17.7 Å². The Morgan fingerprint density at radius 3 is 2.41 bits per heavy atom. The molecule has 1 amide bonds. The summed E-state index contributed by atoms with van der Waals surface area (Å²) in [5, 5.41) is 20.7. The Kier molecular flexibility index (Phi) is 6.83. The standard InChI is InChI=1S/C14H15N3O4.Li/c1-2-12-16-17-14(21-12)9-3-5-10(6-4-9)15-11(18)7-8-13(19)20;/h3-6H,2,7-8H2,1H3,(H,15,18)(H,19,20);/q;+1/p-1. The van der Waals surface area contributed by atoms with Crippen molar-refractivity contribution in [3.8, 4) is 11.5 Å². The SMILES string of the molecule is CCc1nnc(-c2ccc(NC(=O)CCC(=O)[O-])cc2)o1.[Li+]. The molecule has 0 aliphatic heterocycles. The Morgan fingerprint density at radius 1 is 1.18 bits per heavy atom. The topological polar surface area (TPSA) is 108 Å². The molecule has 2 rings (SSSR count). The van der Waals surface area contributed by atoms with Crippen LogP contribution in [0.25, 0.3) is 11.5 Å². The van der Waals surface area contributed by atoms with Gasteiger partial charge in [-0.25, -0.2) is 0 Å². The van der Waals surface area contributed by atoms with Gasteiger partial charge in [0.1, 0.15) is 0 Å². The number of aryl methyl sites for hydroxylation is 1. The first-order valence-corrected chi connectivity index (χ1v) is 6.51. The Hall–Kier alpha value is -2.10. The monoisotopic (exact) mass is 295 g/mol. The molecule has 8 heteroatoms. The van der Waals surface area contributed by atoms with E-state index in [1.807, 2.05) is 6.92 Å². The van der Waals surface area contributed by atoms with E-state index in [2.05, 4.69) is 15.5 Å². The van der Waals surface area contributed by atoms with Crippen LogP contribution in [0, 0.1) is 0 Å². The van der Waals surface area contributed by atoms with Crippen LogP contribution in [0.3, 0.4) is 0 Å². The van der Waals surface area contributed by atoms with E-state index in [0.29, 0.717) is 23.9 Å². The second kappa shape index (κ2) is 8.37. The summed E-state index contributed by atoms with van der Waals surface area (Å²) in [5.74, 6) is -0.645. The molecule has 1 aromatic carbocycles. The number of hydrogen-bond donors (Lipinski definition) is 1. The summed E-state index contributed by atoms with van der Waals surface area (Å²) in [6.07, 6.45) is 0.249. The zero-order valence-corrected chi connectivity index (χ0v) is 12.5. The number of nitrogens with one attached hydrogen (secondary N) is 1. The van der Waals surface area contributed by atoms with Crippen LogP contribution in [-0.4, -0.2) is 22.1 Å². The first-order valence-electron chi connectivity index (χ1n) is 6.51. The number of carbonyl (C=O) groups excluding carboxylic acids is 2. The summed E-state index contributed by atoms with van der Waals surface area (Å²) < 4.78 is 5.42. The summed E-state index contributed by atoms with van der Waals surface area (Å²) in [4.78, 5) is 21.7. The summed E-state index contributed by atoms with van der Waals surface area (Å²) in [7, 11) is 0. The number of amides is 1. The molecule has 22 heavy (non-hydrogen) atoms. The molecule has 0 fully saturated rings. The molecule has 0 radical (unpaired) electrons. The fraction of sp³-hybridized carbons (Fsp3) is 0.286. The smallest absolute Gasteiger partial charge is 0.550 e. The van der Waals surface area contributed by atoms with Crippen LogP contribution in [0.2, 0.25) is 0 Å². The minimum Gasteiger partial charge on any atom is -0.550 e. The van der Waals surface area contributed by atoms with Gasteiger partial charge in [-0.15, -0.1) is 10.2 Å². The van der Waals surface area contributed by atoms with Crippen molar-refractivity contribution in [1.29, 1.82) is 0 Å². The van der Waals surface area contributed by atoms with Crippen molar-refractivity contribution in [1.82, 2.24) is 10.2 Å². The molecule has 0 atom stereocenters. The van der Waals surface area contributed by atoms with E-state index in [4.69, 9.17) is 4.42 Å². The zero-order chi connectivity index (χ0) is 15.2. The normalized spacial score (nSPS) is 9.86. The molecule has 1 heterocycles. The molecule has 110 valence electrons. The van der Waals surface area contributed by atoms with Gasteiger partial charge in [0.15, 0.2) is 0 Å². The molecule has 0 spiro atoms. The maximum absolute atomic E-state index is 11.5. The molecule has 1 N–H and O–H groups in total. The van der Waals surface area contributed by atoms with Gasteiger partial charge in [-0.2, -0.15) is 0 Å². The second-order valence-corrected chi connectivity index (χ2v) is 4.35. The Labute approximate surface area is 139 Å². The fourth-order valence-corrected chi connectivity index (χ4v) is 1.65. The molecule has 0 saturated heterocycles. The number of hydrogen-bond acceptors (Lipinski definition) is 6. The largest absolute Gasteiger partial charge is 1.00 e. The average molecular weight is 295 g/mol. The van der Waals surface area contributed by atoms with Crippen molar-refractivity contribution in [3.63, 3.8) is 0 Å². The van der Waals surface area contributed by atoms with Crippen molar-refractivity contribution in [3.05, 3.63) is 30.2 Å². The number of aliphatic carboxylic acids is 1. The molecule has 0 unspecified atom stereocenters. The van der Waals surface area contributed by atoms with Gasteiger partial charge in [0.05, 0.1) is 0 Å². The molecular weight excluding hydrogens is 281 g/mol. The van der Waals surface area contributed by atoms with Gasteiger partial charge in [-0.05, 0) is 30.7 Å². The average Bonchev–Trinajstić information content (AvgIpc) is 2.95. The van der Waals surface area contributed by atoms with Crippen LogP contribution >= 0.6 is 0 Å². The van der Waals surface area contributed by atoms with Gasteiger partial charge < -0.3 is 19.6 Å². The quantitative estimate of drug-likeness (QED) is 0.604. The van der Waals surface area contributed by atoms with Crippen LogP contribution in [0.15, 0.2) is 28.7 Å². The van der Waals surface area contributed by atoms with E-state index in [0.717, 1.165) is 5.56 Å². The van der Waals surface area contributed by atoms with E-state index in [1.165, 1.54) is 0 Å². The van der Waals surface area contributed by atoms with Crippen LogP contribution in [0.4, 0.5) is 5.69 Å². The van der Waals surface area contributed by atoms with Gasteiger partial charge in [0, 0.05) is 30.1 Å². The van der Waals surface area contributed by atoms with E-state index < -0.39 is 5.97 Å². The third-order valence-corrected chi connectivity index (χ3v) is 2.74. The van der Waals surface area contributed by atoms with Crippen LogP contribution in [0.1, 0.15) is 25.7 Å². The summed E-state index contributed by atoms with van der Waals surface area (Å²) in [6, 6.07) is 6.84. The molecule has 0 aliphatic rings. The Bertz CT molecular complexity index is 640. The predicted molar refractivity (Wildman–Crippen MR) is 72.0 cm³/mol. The van der Waals surface area contributed by atoms with E-state index >= 15 is 0 Å². The van der Waals surface area contributed by atoms with Crippen LogP contribution in [-0.2, 0) is 16.0 Å². The molecular formula is C14H14LiN3O4. The first-order chi connectivity index (χ1) is 10.1. The van der Waals surface area contributed by atoms with Crippen molar-refractivity contribution >= 4 is 17.6 Å². The number of benzene rings is 1. The van der Waals surface area contributed by atoms with Gasteiger partial charge in [-0.3, -0.25) is 4.79 Å². The number of carbonyl (C=O) groups is 2. The Morgan fingerprint density at radius 2 is 1.86 bits per heavy atom. The van der Waals surface area contributed by atoms with Crippen molar-refractivity contribution in [2.24, 2.45) is 0 Å². The van der Waals surface area contributed by atoms with E-state index in [1.54, 1.807) is 24.3 Å². The van der Waals surface area contributed by atoms with Gasteiger partial charge in [-0.1, -0.05) is 6.92 Å². The Balaban J connectivity index is 0.00000242. The minimum absolute atomic E-state index is 0. The van der Waals surface area contributed by atoms with E-state index in [9.17, 15) is 14.7 Å². The van der Waals surface area contributed by atoms with E-state index in [-0.39, 0.29) is 37.6 Å². The summed E-state index contributed by atoms with van der Waals surface area (Å²) >= 11 is 0. The molecule has 1 aromatic heterocycles. The summed E-state index contributed by atoms with van der Waals surface area (Å²) in [5.41, 5.74) is 1.31. The summed E-state index contributed by atoms with van der Waals surface area (Å²) in [6.45, 7) is 1.92. The maximum atomic E-state index is 11.5. The molecule has 0 bridgehead atoms. The predicted octanol–water partition coefficient (Wildman–Crippen LogP) is -2.23. The fourth-order valence-electron chi connectivity index (χ4n) is 1.65. The molecule has 0 aliphatic carbocycles. The number of nitrogens with zero attached hydrogens (tertiary/aromatic N) is 2. The van der Waals surface area contributed by atoms with Crippen molar-refractivity contribution in [2.45, 2.75) is 26.2 Å². The zero-order valence-electron chi connectivity index (χ0n) is 12.5.